The molecule has 32 heavy (non-hydrogen) atoms. The van der Waals surface area contributed by atoms with Crippen molar-refractivity contribution in [3.05, 3.63) is 71.8 Å². The Labute approximate surface area is 185 Å². The van der Waals surface area contributed by atoms with Crippen molar-refractivity contribution in [3.63, 3.8) is 0 Å². The van der Waals surface area contributed by atoms with Gasteiger partial charge in [0.25, 0.3) is 5.91 Å². The molecule has 8 heteroatoms. The van der Waals surface area contributed by atoms with Gasteiger partial charge in [-0.3, -0.25) is 14.4 Å². The minimum atomic E-state index is -1.00. The summed E-state index contributed by atoms with van der Waals surface area (Å²) in [6.45, 7) is 1.50. The van der Waals surface area contributed by atoms with Gasteiger partial charge in [-0.15, -0.1) is 0 Å². The molecule has 1 aliphatic rings. The van der Waals surface area contributed by atoms with Crippen molar-refractivity contribution < 1.29 is 29.0 Å². The van der Waals surface area contributed by atoms with E-state index < -0.39 is 36.3 Å². The lowest BCUT2D eigenvalue weighted by atomic mass is 9.82. The molecular weight excluding hydrogens is 412 g/mol. The largest absolute Gasteiger partial charge is 0.481 e. The Bertz CT molecular complexity index is 1030. The summed E-state index contributed by atoms with van der Waals surface area (Å²) in [5.74, 6) is -3.94. The summed E-state index contributed by atoms with van der Waals surface area (Å²) in [6, 6.07) is 13.2. The van der Waals surface area contributed by atoms with Gasteiger partial charge in [0.15, 0.2) is 6.61 Å². The van der Waals surface area contributed by atoms with Gasteiger partial charge in [0.2, 0.25) is 5.91 Å². The van der Waals surface area contributed by atoms with E-state index in [2.05, 4.69) is 10.6 Å². The summed E-state index contributed by atoms with van der Waals surface area (Å²) in [5.41, 5.74) is 2.32. The van der Waals surface area contributed by atoms with Crippen LogP contribution in [-0.4, -0.2) is 35.5 Å². The molecule has 3 rings (SSSR count). The van der Waals surface area contributed by atoms with Crippen LogP contribution in [-0.2, 0) is 19.1 Å². The van der Waals surface area contributed by atoms with Crippen molar-refractivity contribution in [2.75, 3.05) is 17.2 Å². The highest BCUT2D eigenvalue weighted by atomic mass is 16.5. The average Bonchev–Trinajstić information content (AvgIpc) is 2.79. The van der Waals surface area contributed by atoms with Crippen LogP contribution in [0, 0.1) is 18.8 Å². The molecular formula is C24H24N2O6. The minimum absolute atomic E-state index is 0.218. The van der Waals surface area contributed by atoms with Gasteiger partial charge < -0.3 is 20.5 Å². The highest BCUT2D eigenvalue weighted by Gasteiger charge is 2.33. The number of anilines is 2. The van der Waals surface area contributed by atoms with E-state index in [0.29, 0.717) is 24.2 Å². The lowest BCUT2D eigenvalue weighted by Crippen LogP contribution is -2.34. The van der Waals surface area contributed by atoms with Gasteiger partial charge in [-0.25, -0.2) is 4.79 Å². The number of esters is 1. The molecule has 0 radical (unpaired) electrons. The Kier molecular flexibility index (Phi) is 7.38. The maximum Gasteiger partial charge on any atom is 0.338 e. The third kappa shape index (κ3) is 6.04. The van der Waals surface area contributed by atoms with E-state index in [1.54, 1.807) is 24.3 Å². The number of carbonyl (C=O) groups excluding carboxylic acids is 3. The monoisotopic (exact) mass is 436 g/mol. The van der Waals surface area contributed by atoms with Gasteiger partial charge in [-0.05, 0) is 56.2 Å². The molecule has 0 saturated heterocycles. The molecule has 0 unspecified atom stereocenters. The van der Waals surface area contributed by atoms with Gasteiger partial charge >= 0.3 is 11.9 Å². The predicted molar refractivity (Wildman–Crippen MR) is 118 cm³/mol. The molecule has 2 aromatic rings. The van der Waals surface area contributed by atoms with Crippen LogP contribution in [0.3, 0.4) is 0 Å². The van der Waals surface area contributed by atoms with Crippen LogP contribution in [0.25, 0.3) is 0 Å². The van der Waals surface area contributed by atoms with Gasteiger partial charge in [0, 0.05) is 11.4 Å². The summed E-state index contributed by atoms with van der Waals surface area (Å²) in [5, 5.41) is 14.6. The molecule has 0 bridgehead atoms. The van der Waals surface area contributed by atoms with Crippen molar-refractivity contribution in [3.8, 4) is 0 Å². The summed E-state index contributed by atoms with van der Waals surface area (Å²) in [4.78, 5) is 48.0. The molecule has 0 aromatic heterocycles. The summed E-state index contributed by atoms with van der Waals surface area (Å²) < 4.78 is 5.03. The number of rotatable bonds is 7. The fraction of sp³-hybridized carbons (Fsp3) is 0.250. The number of carboxylic acids is 1. The van der Waals surface area contributed by atoms with Gasteiger partial charge in [-0.2, -0.15) is 0 Å². The number of benzene rings is 2. The van der Waals surface area contributed by atoms with Gasteiger partial charge in [0.05, 0.1) is 17.4 Å². The molecule has 0 saturated carbocycles. The predicted octanol–water partition coefficient (Wildman–Crippen LogP) is 3.40. The van der Waals surface area contributed by atoms with Crippen LogP contribution in [0.4, 0.5) is 11.4 Å². The number of hydrogen-bond acceptors (Lipinski definition) is 5. The lowest BCUT2D eigenvalue weighted by Gasteiger charge is -2.24. The smallest absolute Gasteiger partial charge is 0.338 e. The highest BCUT2D eigenvalue weighted by Crippen LogP contribution is 2.27. The van der Waals surface area contributed by atoms with Crippen LogP contribution >= 0.6 is 0 Å². The Balaban J connectivity index is 1.51. The first-order valence-corrected chi connectivity index (χ1v) is 10.2. The van der Waals surface area contributed by atoms with Gasteiger partial charge in [-0.1, -0.05) is 29.8 Å². The number of ether oxygens (including phenoxy) is 1. The molecule has 0 fully saturated rings. The third-order valence-corrected chi connectivity index (χ3v) is 5.14. The molecule has 2 aromatic carbocycles. The highest BCUT2D eigenvalue weighted by molar-refractivity contribution is 5.97. The van der Waals surface area contributed by atoms with E-state index in [-0.39, 0.29) is 11.5 Å². The van der Waals surface area contributed by atoms with Crippen molar-refractivity contribution in [2.24, 2.45) is 11.8 Å². The van der Waals surface area contributed by atoms with Crippen LogP contribution in [0.5, 0.6) is 0 Å². The Morgan fingerprint density at radius 3 is 2.06 bits per heavy atom. The molecule has 166 valence electrons. The number of carboxylic acid groups (broad SMARTS) is 1. The number of aliphatic carboxylic acids is 1. The zero-order valence-corrected chi connectivity index (χ0v) is 17.5. The maximum atomic E-state index is 12.5. The first-order valence-electron chi connectivity index (χ1n) is 10.2. The Hall–Kier alpha value is -3.94. The number of hydrogen-bond donors (Lipinski definition) is 3. The normalized spacial score (nSPS) is 17.3. The van der Waals surface area contributed by atoms with Crippen molar-refractivity contribution >= 4 is 35.1 Å². The molecule has 1 aliphatic carbocycles. The SMILES string of the molecule is Cc1ccc(NC(=O)COC(=O)c2ccc(NC(=O)[C@H]3CC=CC[C@@H]3C(=O)O)cc2)cc1. The van der Waals surface area contributed by atoms with Crippen molar-refractivity contribution in [1.29, 1.82) is 0 Å². The molecule has 8 nitrogen and oxygen atoms in total. The molecule has 2 atom stereocenters. The van der Waals surface area contributed by atoms with E-state index in [1.807, 2.05) is 19.1 Å². The zero-order chi connectivity index (χ0) is 23.1. The Morgan fingerprint density at radius 2 is 1.44 bits per heavy atom. The average molecular weight is 436 g/mol. The molecule has 3 N–H and O–H groups in total. The molecule has 0 heterocycles. The van der Waals surface area contributed by atoms with E-state index in [1.165, 1.54) is 24.3 Å². The molecule has 0 aliphatic heterocycles. The zero-order valence-electron chi connectivity index (χ0n) is 17.5. The fourth-order valence-corrected chi connectivity index (χ4v) is 3.35. The van der Waals surface area contributed by atoms with Crippen LogP contribution < -0.4 is 10.6 Å². The van der Waals surface area contributed by atoms with Crippen LogP contribution in [0.15, 0.2) is 60.7 Å². The van der Waals surface area contributed by atoms with Crippen molar-refractivity contribution in [1.82, 2.24) is 0 Å². The second kappa shape index (κ2) is 10.4. The first-order chi connectivity index (χ1) is 15.3. The Morgan fingerprint density at radius 1 is 0.875 bits per heavy atom. The quantitative estimate of drug-likeness (QED) is 0.452. The number of amides is 2. The van der Waals surface area contributed by atoms with E-state index in [4.69, 9.17) is 4.74 Å². The number of nitrogens with one attached hydrogen (secondary N) is 2. The van der Waals surface area contributed by atoms with Crippen LogP contribution in [0.1, 0.15) is 28.8 Å². The minimum Gasteiger partial charge on any atom is -0.481 e. The lowest BCUT2D eigenvalue weighted by molar-refractivity contribution is -0.146. The fourth-order valence-electron chi connectivity index (χ4n) is 3.35. The van der Waals surface area contributed by atoms with Crippen LogP contribution in [0.2, 0.25) is 0 Å². The second-order valence-corrected chi connectivity index (χ2v) is 7.55. The molecule has 2 amide bonds. The summed E-state index contributed by atoms with van der Waals surface area (Å²) in [7, 11) is 0. The maximum absolute atomic E-state index is 12.5. The summed E-state index contributed by atoms with van der Waals surface area (Å²) >= 11 is 0. The van der Waals surface area contributed by atoms with E-state index >= 15 is 0 Å². The number of allylic oxidation sites excluding steroid dienone is 2. The second-order valence-electron chi connectivity index (χ2n) is 7.55. The van der Waals surface area contributed by atoms with Crippen molar-refractivity contribution in [2.45, 2.75) is 19.8 Å². The third-order valence-electron chi connectivity index (χ3n) is 5.14. The van der Waals surface area contributed by atoms with E-state index in [0.717, 1.165) is 5.56 Å². The topological polar surface area (TPSA) is 122 Å². The summed E-state index contributed by atoms with van der Waals surface area (Å²) in [6.07, 6.45) is 4.25. The standard InChI is InChI=1S/C24H24N2O6/c1-15-6-10-17(11-7-15)25-21(27)14-32-24(31)16-8-12-18(13-9-16)26-22(28)19-4-2-3-5-20(19)23(29)30/h2-3,6-13,19-20H,4-5,14H2,1H3,(H,25,27)(H,26,28)(H,29,30)/t19-,20-/m0/s1. The van der Waals surface area contributed by atoms with E-state index in [9.17, 15) is 24.3 Å². The number of carbonyl (C=O) groups is 4. The first kappa shape index (κ1) is 22.7. The number of aryl methyl sites for hydroxylation is 1. The van der Waals surface area contributed by atoms with Gasteiger partial charge in [0.1, 0.15) is 0 Å². The molecule has 0 spiro atoms.